The Kier molecular flexibility index (Phi) is 5.98. The van der Waals surface area contributed by atoms with Gasteiger partial charge in [-0.2, -0.15) is 5.10 Å². The molecule has 9 nitrogen and oxygen atoms in total. The number of carbonyl (C=O) groups excluding carboxylic acids is 1. The quantitative estimate of drug-likeness (QED) is 0.410. The topological polar surface area (TPSA) is 96.7 Å². The number of carbonyl (C=O) groups is 1. The van der Waals surface area contributed by atoms with Gasteiger partial charge in [-0.3, -0.25) is 9.20 Å². The number of anilines is 2. The van der Waals surface area contributed by atoms with Gasteiger partial charge >= 0.3 is 0 Å². The number of methoxy groups -OCH3 is 1. The maximum absolute atomic E-state index is 14.7. The first-order valence-corrected chi connectivity index (χ1v) is 12.3. The van der Waals surface area contributed by atoms with E-state index in [1.807, 2.05) is 12.1 Å². The van der Waals surface area contributed by atoms with Gasteiger partial charge in [0.25, 0.3) is 5.91 Å². The van der Waals surface area contributed by atoms with E-state index in [0.717, 1.165) is 37.0 Å². The summed E-state index contributed by atoms with van der Waals surface area (Å²) in [6.07, 6.45) is 9.61. The summed E-state index contributed by atoms with van der Waals surface area (Å²) < 4.78 is 21.4. The third kappa shape index (κ3) is 4.38. The van der Waals surface area contributed by atoms with E-state index < -0.39 is 5.82 Å². The number of piperidine rings is 1. The third-order valence-corrected chi connectivity index (χ3v) is 6.98. The second kappa shape index (κ2) is 9.44. The summed E-state index contributed by atoms with van der Waals surface area (Å²) in [7, 11) is 1.56. The van der Waals surface area contributed by atoms with Crippen molar-refractivity contribution in [2.45, 2.75) is 44.4 Å². The molecule has 186 valence electrons. The lowest BCUT2D eigenvalue weighted by molar-refractivity contribution is 0.102. The highest BCUT2D eigenvalue weighted by molar-refractivity contribution is 6.13. The van der Waals surface area contributed by atoms with Gasteiger partial charge in [0.2, 0.25) is 0 Å². The molecule has 4 heterocycles. The maximum Gasteiger partial charge on any atom is 0.257 e. The van der Waals surface area contributed by atoms with Crippen molar-refractivity contribution >= 4 is 33.8 Å². The van der Waals surface area contributed by atoms with Crippen LogP contribution in [0, 0.1) is 5.82 Å². The van der Waals surface area contributed by atoms with Crippen molar-refractivity contribution in [3.05, 3.63) is 59.9 Å². The minimum atomic E-state index is -0.533. The molecule has 2 aliphatic rings. The number of pyridine rings is 1. The number of nitrogens with one attached hydrogen (secondary N) is 2. The molecule has 1 aliphatic heterocycles. The number of hydrogen-bond acceptors (Lipinski definition) is 7. The van der Waals surface area contributed by atoms with Crippen molar-refractivity contribution in [1.82, 2.24) is 24.9 Å². The fourth-order valence-corrected chi connectivity index (χ4v) is 5.01. The number of rotatable bonds is 7. The number of fused-ring (bicyclic) bond motifs is 2. The van der Waals surface area contributed by atoms with Crippen molar-refractivity contribution in [1.29, 1.82) is 0 Å². The Morgan fingerprint density at radius 1 is 1.17 bits per heavy atom. The van der Waals surface area contributed by atoms with Crippen molar-refractivity contribution in [2.24, 2.45) is 0 Å². The summed E-state index contributed by atoms with van der Waals surface area (Å²) in [5, 5.41) is 15.8. The molecule has 36 heavy (non-hydrogen) atoms. The lowest BCUT2D eigenvalue weighted by Crippen LogP contribution is -2.43. The van der Waals surface area contributed by atoms with Gasteiger partial charge in [0.15, 0.2) is 11.5 Å². The zero-order valence-corrected chi connectivity index (χ0v) is 20.1. The Morgan fingerprint density at radius 2 is 1.97 bits per heavy atom. The number of hydrogen-bond donors (Lipinski definition) is 2. The van der Waals surface area contributed by atoms with Crippen molar-refractivity contribution in [2.75, 3.05) is 30.4 Å². The molecule has 1 saturated carbocycles. The van der Waals surface area contributed by atoms with Crippen LogP contribution in [0.15, 0.2) is 42.9 Å². The molecule has 3 aromatic heterocycles. The first-order chi connectivity index (χ1) is 17.6. The number of halogens is 1. The molecule has 1 aromatic carbocycles. The Morgan fingerprint density at radius 3 is 2.75 bits per heavy atom. The molecular formula is C26H28FN7O2. The normalized spacial score (nSPS) is 16.7. The summed E-state index contributed by atoms with van der Waals surface area (Å²) in [6.45, 7) is 2.16. The zero-order chi connectivity index (χ0) is 24.6. The van der Waals surface area contributed by atoms with Gasteiger partial charge < -0.3 is 20.3 Å². The molecule has 0 bridgehead atoms. The number of ether oxygens (including phenoxy) is 1. The molecule has 1 saturated heterocycles. The SMILES string of the molecule is COCc1cnc2c(F)cc(NC(=O)c3ccc(N4CCC(NC5CC5)CC4)c4ccnnc34)cn12. The highest BCUT2D eigenvalue weighted by atomic mass is 19.1. The number of nitrogens with zero attached hydrogens (tertiary/aromatic N) is 5. The largest absolute Gasteiger partial charge is 0.378 e. The van der Waals surface area contributed by atoms with Gasteiger partial charge in [-0.1, -0.05) is 0 Å². The maximum atomic E-state index is 14.7. The lowest BCUT2D eigenvalue weighted by Gasteiger charge is -2.34. The van der Waals surface area contributed by atoms with E-state index in [1.54, 1.807) is 36.2 Å². The summed E-state index contributed by atoms with van der Waals surface area (Å²) in [5.41, 5.74) is 3.13. The molecule has 0 unspecified atom stereocenters. The van der Waals surface area contributed by atoms with Crippen LogP contribution in [0.25, 0.3) is 16.6 Å². The number of imidazole rings is 1. The minimum absolute atomic E-state index is 0.178. The second-order valence-corrected chi connectivity index (χ2v) is 9.53. The average Bonchev–Trinajstić information content (AvgIpc) is 3.62. The standard InChI is InChI=1S/C26H28FN7O2/c1-36-15-19-13-28-25-22(27)12-18(14-34(19)25)31-26(35)21-4-5-23(20-6-9-29-32-24(20)21)33-10-7-17(8-11-33)30-16-2-3-16/h4-6,9,12-14,16-17,30H,2-3,7-8,10-11,15H2,1H3,(H,31,35). The first kappa shape index (κ1) is 22.8. The molecule has 2 N–H and O–H groups in total. The third-order valence-electron chi connectivity index (χ3n) is 6.98. The highest BCUT2D eigenvalue weighted by Crippen LogP contribution is 2.31. The Labute approximate surface area is 207 Å². The van der Waals surface area contributed by atoms with Crippen LogP contribution in [0.2, 0.25) is 0 Å². The summed E-state index contributed by atoms with van der Waals surface area (Å²) in [5.74, 6) is -0.915. The van der Waals surface area contributed by atoms with Crippen molar-refractivity contribution in [3.8, 4) is 0 Å². The monoisotopic (exact) mass is 489 g/mol. The van der Waals surface area contributed by atoms with Crippen LogP contribution < -0.4 is 15.5 Å². The van der Waals surface area contributed by atoms with Gasteiger partial charge in [0.05, 0.1) is 35.9 Å². The molecule has 10 heteroatoms. The van der Waals surface area contributed by atoms with E-state index in [2.05, 4.69) is 30.7 Å². The van der Waals surface area contributed by atoms with Crippen LogP contribution in [0.3, 0.4) is 0 Å². The lowest BCUT2D eigenvalue weighted by atomic mass is 10.0. The summed E-state index contributed by atoms with van der Waals surface area (Å²) >= 11 is 0. The van der Waals surface area contributed by atoms with Gasteiger partial charge in [-0.05, 0) is 43.9 Å². The van der Waals surface area contributed by atoms with E-state index in [0.29, 0.717) is 34.5 Å². The molecule has 0 atom stereocenters. The molecule has 6 rings (SSSR count). The minimum Gasteiger partial charge on any atom is -0.378 e. The number of aromatic nitrogens is 4. The second-order valence-electron chi connectivity index (χ2n) is 9.53. The van der Waals surface area contributed by atoms with Crippen molar-refractivity contribution < 1.29 is 13.9 Å². The molecule has 0 radical (unpaired) electrons. The number of amides is 1. The smallest absolute Gasteiger partial charge is 0.257 e. The van der Waals surface area contributed by atoms with Crippen molar-refractivity contribution in [3.63, 3.8) is 0 Å². The molecule has 0 spiro atoms. The van der Waals surface area contributed by atoms with E-state index in [-0.39, 0.29) is 18.2 Å². The molecule has 1 aliphatic carbocycles. The van der Waals surface area contributed by atoms with Crippen LogP contribution >= 0.6 is 0 Å². The zero-order valence-electron chi connectivity index (χ0n) is 20.1. The van der Waals surface area contributed by atoms with Gasteiger partial charge in [-0.25, -0.2) is 9.37 Å². The molecule has 4 aromatic rings. The summed E-state index contributed by atoms with van der Waals surface area (Å²) in [4.78, 5) is 19.7. The van der Waals surface area contributed by atoms with E-state index in [4.69, 9.17) is 4.74 Å². The Balaban J connectivity index is 1.26. The Bertz CT molecular complexity index is 1430. The van der Waals surface area contributed by atoms with Crippen LogP contribution in [-0.4, -0.2) is 57.8 Å². The van der Waals surface area contributed by atoms with Crippen LogP contribution in [-0.2, 0) is 11.3 Å². The predicted molar refractivity (Wildman–Crippen MR) is 135 cm³/mol. The fourth-order valence-electron chi connectivity index (χ4n) is 5.01. The predicted octanol–water partition coefficient (Wildman–Crippen LogP) is 3.54. The van der Waals surface area contributed by atoms with Gasteiger partial charge in [0, 0.05) is 55.6 Å². The van der Waals surface area contributed by atoms with Crippen LogP contribution in [0.5, 0.6) is 0 Å². The van der Waals surface area contributed by atoms with E-state index in [1.165, 1.54) is 18.9 Å². The average molecular weight is 490 g/mol. The van der Waals surface area contributed by atoms with Crippen LogP contribution in [0.1, 0.15) is 41.7 Å². The molecule has 1 amide bonds. The van der Waals surface area contributed by atoms with E-state index >= 15 is 0 Å². The fraction of sp³-hybridized carbons (Fsp3) is 0.385. The van der Waals surface area contributed by atoms with Gasteiger partial charge in [0.1, 0.15) is 5.52 Å². The first-order valence-electron chi connectivity index (χ1n) is 12.3. The summed E-state index contributed by atoms with van der Waals surface area (Å²) in [6, 6.07) is 8.20. The van der Waals surface area contributed by atoms with E-state index in [9.17, 15) is 9.18 Å². The highest BCUT2D eigenvalue weighted by Gasteiger charge is 2.28. The molecular weight excluding hydrogens is 461 g/mol. The van der Waals surface area contributed by atoms with Crippen LogP contribution in [0.4, 0.5) is 15.8 Å². The van der Waals surface area contributed by atoms with Gasteiger partial charge in [-0.15, -0.1) is 5.10 Å². The number of benzene rings is 1. The molecule has 2 fully saturated rings. The Hall–Kier alpha value is -3.63.